The van der Waals surface area contributed by atoms with Crippen LogP contribution in [0.15, 0.2) is 35.9 Å². The molecule has 5 heteroatoms. The lowest BCUT2D eigenvalue weighted by atomic mass is 10.1. The van der Waals surface area contributed by atoms with Crippen LogP contribution >= 0.6 is 11.6 Å². The average molecular weight is 349 g/mol. The quantitative estimate of drug-likeness (QED) is 0.823. The van der Waals surface area contributed by atoms with E-state index in [1.54, 1.807) is 0 Å². The number of nitrogens with one attached hydrogen (secondary N) is 1. The van der Waals surface area contributed by atoms with E-state index < -0.39 is 0 Å². The molecule has 1 aliphatic heterocycles. The number of rotatable bonds is 7. The number of fused-ring (bicyclic) bond motifs is 1. The Balaban J connectivity index is 1.61. The largest absolute Gasteiger partial charge is 0.381 e. The van der Waals surface area contributed by atoms with E-state index >= 15 is 0 Å². The van der Waals surface area contributed by atoms with Crippen molar-refractivity contribution in [2.75, 3.05) is 32.8 Å². The molecule has 2 atom stereocenters. The van der Waals surface area contributed by atoms with E-state index in [4.69, 9.17) is 16.3 Å². The molecule has 0 unspecified atom stereocenters. The van der Waals surface area contributed by atoms with Crippen molar-refractivity contribution in [3.63, 3.8) is 0 Å². The summed E-state index contributed by atoms with van der Waals surface area (Å²) in [4.78, 5) is 14.5. The number of carbonyl (C=O) groups is 1. The molecule has 0 spiro atoms. The zero-order valence-corrected chi connectivity index (χ0v) is 14.7. The molecule has 0 radical (unpaired) electrons. The fraction of sp³-hybridized carbons (Fsp3) is 0.526. The van der Waals surface area contributed by atoms with Crippen molar-refractivity contribution in [2.45, 2.75) is 25.3 Å². The number of nitrogens with zero attached hydrogens (tertiary/aromatic N) is 1. The fourth-order valence-electron chi connectivity index (χ4n) is 3.65. The van der Waals surface area contributed by atoms with E-state index in [2.05, 4.69) is 41.1 Å². The van der Waals surface area contributed by atoms with E-state index in [0.29, 0.717) is 30.6 Å². The van der Waals surface area contributed by atoms with Gasteiger partial charge in [-0.15, -0.1) is 0 Å². The van der Waals surface area contributed by atoms with Gasteiger partial charge in [0.1, 0.15) is 0 Å². The van der Waals surface area contributed by atoms with Crippen LogP contribution in [-0.4, -0.2) is 43.7 Å². The standard InChI is InChI=1S/C19H25ClN2O2/c1-14(20)11-22(12-19(23)21-10-15-8-9-24-13-15)18-7-6-16-4-2-3-5-17(16)18/h2-5,15,18H,1,6-13H2,(H,21,23)/t15-,18-/m1/s1. The molecular weight excluding hydrogens is 324 g/mol. The number of amides is 1. The van der Waals surface area contributed by atoms with Crippen LogP contribution in [0, 0.1) is 5.92 Å². The highest BCUT2D eigenvalue weighted by Gasteiger charge is 2.29. The Bertz CT molecular complexity index is 599. The smallest absolute Gasteiger partial charge is 0.234 e. The molecule has 24 heavy (non-hydrogen) atoms. The van der Waals surface area contributed by atoms with Crippen LogP contribution in [0.5, 0.6) is 0 Å². The molecule has 1 aromatic carbocycles. The highest BCUT2D eigenvalue weighted by atomic mass is 35.5. The minimum absolute atomic E-state index is 0.0456. The maximum Gasteiger partial charge on any atom is 0.234 e. The van der Waals surface area contributed by atoms with Crippen LogP contribution in [0.3, 0.4) is 0 Å². The summed E-state index contributed by atoms with van der Waals surface area (Å²) in [5, 5.41) is 3.61. The van der Waals surface area contributed by atoms with Gasteiger partial charge >= 0.3 is 0 Å². The summed E-state index contributed by atoms with van der Waals surface area (Å²) in [5.41, 5.74) is 2.68. The Labute approximate surface area is 148 Å². The predicted molar refractivity (Wildman–Crippen MR) is 96.0 cm³/mol. The van der Waals surface area contributed by atoms with Crippen LogP contribution in [0.4, 0.5) is 0 Å². The van der Waals surface area contributed by atoms with Crippen molar-refractivity contribution in [1.29, 1.82) is 0 Å². The lowest BCUT2D eigenvalue weighted by molar-refractivity contribution is -0.122. The first-order valence-corrected chi connectivity index (χ1v) is 9.01. The van der Waals surface area contributed by atoms with Crippen molar-refractivity contribution in [3.05, 3.63) is 47.0 Å². The number of hydrogen-bond acceptors (Lipinski definition) is 3. The fourth-order valence-corrected chi connectivity index (χ4v) is 3.81. The van der Waals surface area contributed by atoms with Crippen molar-refractivity contribution in [3.8, 4) is 0 Å². The van der Waals surface area contributed by atoms with E-state index in [1.807, 2.05) is 0 Å². The Kier molecular flexibility index (Phi) is 5.93. The highest BCUT2D eigenvalue weighted by Crippen LogP contribution is 2.35. The molecule has 1 aliphatic carbocycles. The van der Waals surface area contributed by atoms with Gasteiger partial charge in [0.2, 0.25) is 5.91 Å². The molecule has 0 bridgehead atoms. The van der Waals surface area contributed by atoms with Crippen LogP contribution in [0.2, 0.25) is 0 Å². The second-order valence-corrected chi connectivity index (χ2v) is 7.24. The van der Waals surface area contributed by atoms with Crippen LogP contribution in [-0.2, 0) is 16.0 Å². The third-order valence-electron chi connectivity index (χ3n) is 4.88. The predicted octanol–water partition coefficient (Wildman–Crippen LogP) is 2.88. The number of ether oxygens (including phenoxy) is 1. The van der Waals surface area contributed by atoms with E-state index in [0.717, 1.165) is 32.5 Å². The molecular formula is C19H25ClN2O2. The molecule has 130 valence electrons. The van der Waals surface area contributed by atoms with Crippen molar-refractivity contribution < 1.29 is 9.53 Å². The molecule has 0 aromatic heterocycles. The molecule has 1 saturated heterocycles. The van der Waals surface area contributed by atoms with Gasteiger partial charge in [-0.1, -0.05) is 42.4 Å². The Morgan fingerprint density at radius 3 is 2.92 bits per heavy atom. The highest BCUT2D eigenvalue weighted by molar-refractivity contribution is 6.29. The summed E-state index contributed by atoms with van der Waals surface area (Å²) in [6, 6.07) is 8.69. The van der Waals surface area contributed by atoms with Crippen molar-refractivity contribution in [2.24, 2.45) is 5.92 Å². The second kappa shape index (κ2) is 8.15. The van der Waals surface area contributed by atoms with Crippen molar-refractivity contribution in [1.82, 2.24) is 10.2 Å². The number of carbonyl (C=O) groups excluding carboxylic acids is 1. The first-order valence-electron chi connectivity index (χ1n) is 8.63. The van der Waals surface area contributed by atoms with Gasteiger partial charge in [-0.25, -0.2) is 0 Å². The van der Waals surface area contributed by atoms with Crippen LogP contribution in [0.1, 0.15) is 30.0 Å². The molecule has 4 nitrogen and oxygen atoms in total. The van der Waals surface area contributed by atoms with Gasteiger partial charge in [-0.3, -0.25) is 9.69 Å². The van der Waals surface area contributed by atoms with E-state index in [-0.39, 0.29) is 11.9 Å². The molecule has 1 aromatic rings. The first-order chi connectivity index (χ1) is 11.6. The number of aryl methyl sites for hydroxylation is 1. The van der Waals surface area contributed by atoms with Crippen LogP contribution in [0.25, 0.3) is 0 Å². The summed E-state index contributed by atoms with van der Waals surface area (Å²) < 4.78 is 5.35. The number of hydrogen-bond donors (Lipinski definition) is 1. The van der Waals surface area contributed by atoms with Gasteiger partial charge < -0.3 is 10.1 Å². The third-order valence-corrected chi connectivity index (χ3v) is 4.99. The van der Waals surface area contributed by atoms with E-state index in [9.17, 15) is 4.79 Å². The van der Waals surface area contributed by atoms with Gasteiger partial charge in [0.15, 0.2) is 0 Å². The summed E-state index contributed by atoms with van der Waals surface area (Å²) in [7, 11) is 0. The summed E-state index contributed by atoms with van der Waals surface area (Å²) in [5.74, 6) is 0.488. The SMILES string of the molecule is C=C(Cl)CN(CC(=O)NC[C@H]1CCOC1)[C@@H]1CCc2ccccc21. The van der Waals surface area contributed by atoms with Gasteiger partial charge in [0, 0.05) is 36.7 Å². The van der Waals surface area contributed by atoms with Gasteiger partial charge in [0.25, 0.3) is 0 Å². The topological polar surface area (TPSA) is 41.6 Å². The summed E-state index contributed by atoms with van der Waals surface area (Å²) in [6.07, 6.45) is 3.10. The molecule has 0 saturated carbocycles. The zero-order chi connectivity index (χ0) is 16.9. The third kappa shape index (κ3) is 4.38. The summed E-state index contributed by atoms with van der Waals surface area (Å²) >= 11 is 6.06. The molecule has 3 rings (SSSR count). The minimum atomic E-state index is 0.0456. The minimum Gasteiger partial charge on any atom is -0.381 e. The zero-order valence-electron chi connectivity index (χ0n) is 14.0. The second-order valence-electron chi connectivity index (χ2n) is 6.71. The van der Waals surface area contributed by atoms with Gasteiger partial charge in [0.05, 0.1) is 13.2 Å². The Hall–Kier alpha value is -1.36. The van der Waals surface area contributed by atoms with Crippen LogP contribution < -0.4 is 5.32 Å². The van der Waals surface area contributed by atoms with Gasteiger partial charge in [-0.2, -0.15) is 0 Å². The Morgan fingerprint density at radius 1 is 1.33 bits per heavy atom. The maximum absolute atomic E-state index is 12.4. The Morgan fingerprint density at radius 2 is 2.17 bits per heavy atom. The first kappa shape index (κ1) is 17.5. The van der Waals surface area contributed by atoms with Gasteiger partial charge in [-0.05, 0) is 30.4 Å². The molecule has 1 fully saturated rings. The van der Waals surface area contributed by atoms with E-state index in [1.165, 1.54) is 11.1 Å². The normalized spacial score (nSPS) is 22.6. The monoisotopic (exact) mass is 348 g/mol. The molecule has 1 amide bonds. The number of benzene rings is 1. The average Bonchev–Trinajstić information content (AvgIpc) is 3.21. The molecule has 2 aliphatic rings. The summed E-state index contributed by atoms with van der Waals surface area (Å²) in [6.45, 7) is 6.93. The van der Waals surface area contributed by atoms with Crippen molar-refractivity contribution >= 4 is 17.5 Å². The lowest BCUT2D eigenvalue weighted by Crippen LogP contribution is -2.41. The number of halogens is 1. The lowest BCUT2D eigenvalue weighted by Gasteiger charge is -2.29. The maximum atomic E-state index is 12.4. The molecule has 1 N–H and O–H groups in total. The molecule has 1 heterocycles.